The molecule has 0 bridgehead atoms. The van der Waals surface area contributed by atoms with Crippen molar-refractivity contribution in [3.8, 4) is 11.5 Å². The maximum Gasteiger partial charge on any atom is 0.222 e. The molecule has 20 heavy (non-hydrogen) atoms. The molecule has 3 N–H and O–H groups in total. The van der Waals surface area contributed by atoms with Crippen LogP contribution >= 0.6 is 0 Å². The molecule has 5 nitrogen and oxygen atoms in total. The smallest absolute Gasteiger partial charge is 0.222 e. The van der Waals surface area contributed by atoms with Crippen LogP contribution < -0.4 is 10.5 Å². The maximum absolute atomic E-state index is 12.0. The van der Waals surface area contributed by atoms with E-state index in [4.69, 9.17) is 10.5 Å². The molecule has 0 fully saturated rings. The van der Waals surface area contributed by atoms with E-state index in [9.17, 15) is 9.90 Å². The number of hydrogen-bond acceptors (Lipinski definition) is 4. The first-order valence-corrected chi connectivity index (χ1v) is 6.79. The summed E-state index contributed by atoms with van der Waals surface area (Å²) in [6.45, 7) is 2.44. The number of aromatic hydroxyl groups is 1. The number of rotatable bonds is 7. The van der Waals surface area contributed by atoms with Crippen molar-refractivity contribution in [2.45, 2.75) is 38.8 Å². The highest BCUT2D eigenvalue weighted by atomic mass is 16.5. The third kappa shape index (κ3) is 5.09. The third-order valence-electron chi connectivity index (χ3n) is 3.14. The summed E-state index contributed by atoms with van der Waals surface area (Å²) in [6.07, 6.45) is 2.17. The van der Waals surface area contributed by atoms with Gasteiger partial charge in [-0.2, -0.15) is 0 Å². The summed E-state index contributed by atoms with van der Waals surface area (Å²) >= 11 is 0. The first-order chi connectivity index (χ1) is 9.43. The fourth-order valence-electron chi connectivity index (χ4n) is 1.95. The molecule has 0 radical (unpaired) electrons. The van der Waals surface area contributed by atoms with Crippen LogP contribution in [0.3, 0.4) is 0 Å². The van der Waals surface area contributed by atoms with Crippen molar-refractivity contribution >= 4 is 5.91 Å². The lowest BCUT2D eigenvalue weighted by Gasteiger charge is -2.18. The molecule has 0 aliphatic carbocycles. The van der Waals surface area contributed by atoms with Crippen LogP contribution in [0.5, 0.6) is 11.5 Å². The Labute approximate surface area is 120 Å². The highest BCUT2D eigenvalue weighted by Crippen LogP contribution is 2.26. The van der Waals surface area contributed by atoms with Crippen molar-refractivity contribution < 1.29 is 14.6 Å². The lowest BCUT2D eigenvalue weighted by atomic mass is 10.1. The van der Waals surface area contributed by atoms with Gasteiger partial charge in [0.25, 0.3) is 0 Å². The van der Waals surface area contributed by atoms with Crippen LogP contribution in [0.4, 0.5) is 0 Å². The Bertz CT molecular complexity index is 447. The fraction of sp³-hybridized carbons (Fsp3) is 0.533. The lowest BCUT2D eigenvalue weighted by Crippen LogP contribution is -2.26. The second-order valence-electron chi connectivity index (χ2n) is 5.13. The van der Waals surface area contributed by atoms with Gasteiger partial charge >= 0.3 is 0 Å². The zero-order valence-electron chi connectivity index (χ0n) is 12.4. The van der Waals surface area contributed by atoms with Crippen LogP contribution in [-0.2, 0) is 11.3 Å². The molecular formula is C15H24N2O3. The molecule has 0 aromatic heterocycles. The first-order valence-electron chi connectivity index (χ1n) is 6.79. The molecule has 1 atom stereocenters. The fourth-order valence-corrected chi connectivity index (χ4v) is 1.95. The average molecular weight is 280 g/mol. The van der Waals surface area contributed by atoms with Gasteiger partial charge in [0.1, 0.15) is 0 Å². The molecular weight excluding hydrogens is 256 g/mol. The Kier molecular flexibility index (Phi) is 6.31. The second kappa shape index (κ2) is 7.75. The Morgan fingerprint density at radius 2 is 2.20 bits per heavy atom. The first kappa shape index (κ1) is 16.3. The van der Waals surface area contributed by atoms with Gasteiger partial charge in [0.15, 0.2) is 11.5 Å². The predicted molar refractivity (Wildman–Crippen MR) is 78.6 cm³/mol. The van der Waals surface area contributed by atoms with Crippen molar-refractivity contribution in [1.82, 2.24) is 4.90 Å². The van der Waals surface area contributed by atoms with Crippen molar-refractivity contribution in [3.63, 3.8) is 0 Å². The van der Waals surface area contributed by atoms with Crippen molar-refractivity contribution in [1.29, 1.82) is 0 Å². The Hall–Kier alpha value is -1.75. The second-order valence-corrected chi connectivity index (χ2v) is 5.13. The van der Waals surface area contributed by atoms with E-state index in [-0.39, 0.29) is 17.7 Å². The molecule has 1 rings (SSSR count). The number of benzene rings is 1. The van der Waals surface area contributed by atoms with Gasteiger partial charge in [-0.15, -0.1) is 0 Å². The molecule has 0 saturated carbocycles. The third-order valence-corrected chi connectivity index (χ3v) is 3.14. The number of methoxy groups -OCH3 is 1. The highest BCUT2D eigenvalue weighted by molar-refractivity contribution is 5.75. The molecule has 5 heteroatoms. The van der Waals surface area contributed by atoms with Gasteiger partial charge in [0.05, 0.1) is 7.11 Å². The van der Waals surface area contributed by atoms with E-state index in [0.29, 0.717) is 18.7 Å². The van der Waals surface area contributed by atoms with E-state index in [1.807, 2.05) is 6.92 Å². The van der Waals surface area contributed by atoms with E-state index in [2.05, 4.69) is 0 Å². The zero-order chi connectivity index (χ0) is 15.1. The maximum atomic E-state index is 12.0. The van der Waals surface area contributed by atoms with Gasteiger partial charge in [0, 0.05) is 26.1 Å². The number of nitrogens with zero attached hydrogens (tertiary/aromatic N) is 1. The largest absolute Gasteiger partial charge is 0.504 e. The van der Waals surface area contributed by atoms with Gasteiger partial charge in [-0.25, -0.2) is 0 Å². The molecule has 0 saturated heterocycles. The summed E-state index contributed by atoms with van der Waals surface area (Å²) in [5, 5.41) is 9.53. The molecule has 0 heterocycles. The Morgan fingerprint density at radius 3 is 2.80 bits per heavy atom. The van der Waals surface area contributed by atoms with Crippen LogP contribution in [0.2, 0.25) is 0 Å². The number of hydrogen-bond donors (Lipinski definition) is 2. The van der Waals surface area contributed by atoms with Crippen molar-refractivity contribution in [2.75, 3.05) is 14.2 Å². The molecule has 0 spiro atoms. The minimum atomic E-state index is 0.0951. The topological polar surface area (TPSA) is 75.8 Å². The summed E-state index contributed by atoms with van der Waals surface area (Å²) in [7, 11) is 3.27. The number of ether oxygens (including phenoxy) is 1. The van der Waals surface area contributed by atoms with Crippen LogP contribution in [0.15, 0.2) is 18.2 Å². The molecule has 0 aliphatic heterocycles. The van der Waals surface area contributed by atoms with Crippen LogP contribution in [0, 0.1) is 0 Å². The highest BCUT2D eigenvalue weighted by Gasteiger charge is 2.11. The average Bonchev–Trinajstić information content (AvgIpc) is 2.40. The van der Waals surface area contributed by atoms with E-state index < -0.39 is 0 Å². The summed E-state index contributed by atoms with van der Waals surface area (Å²) in [6, 6.07) is 5.22. The van der Waals surface area contributed by atoms with E-state index in [0.717, 1.165) is 18.4 Å². The summed E-state index contributed by atoms with van der Waals surface area (Å²) in [5.74, 6) is 0.611. The van der Waals surface area contributed by atoms with Crippen molar-refractivity contribution in [2.24, 2.45) is 5.73 Å². The quantitative estimate of drug-likeness (QED) is 0.799. The summed E-state index contributed by atoms with van der Waals surface area (Å²) in [4.78, 5) is 13.6. The Morgan fingerprint density at radius 1 is 1.50 bits per heavy atom. The number of phenolic OH excluding ortho intramolecular Hbond substituents is 1. The molecule has 1 unspecified atom stereocenters. The normalized spacial score (nSPS) is 12.0. The van der Waals surface area contributed by atoms with Gasteiger partial charge in [0.2, 0.25) is 5.91 Å². The standard InChI is InChI=1S/C15H24N2O3/c1-11(16)5-4-6-15(19)17(2)10-12-7-8-13(18)14(9-12)20-3/h7-9,11,18H,4-6,10,16H2,1-3H3. The molecule has 1 amide bonds. The minimum Gasteiger partial charge on any atom is -0.504 e. The van der Waals surface area contributed by atoms with Crippen LogP contribution in [-0.4, -0.2) is 36.1 Å². The Balaban J connectivity index is 2.52. The number of phenols is 1. The SMILES string of the molecule is COc1cc(CN(C)C(=O)CCCC(C)N)ccc1O. The van der Waals surface area contributed by atoms with Gasteiger partial charge in [-0.05, 0) is 37.5 Å². The monoisotopic (exact) mass is 280 g/mol. The molecule has 112 valence electrons. The van der Waals surface area contributed by atoms with E-state index in [1.54, 1.807) is 30.1 Å². The van der Waals surface area contributed by atoms with Crippen LogP contribution in [0.25, 0.3) is 0 Å². The van der Waals surface area contributed by atoms with Crippen molar-refractivity contribution in [3.05, 3.63) is 23.8 Å². The zero-order valence-corrected chi connectivity index (χ0v) is 12.4. The number of carbonyl (C=O) groups excluding carboxylic acids is 1. The van der Waals surface area contributed by atoms with E-state index in [1.165, 1.54) is 7.11 Å². The molecule has 1 aromatic carbocycles. The molecule has 0 aliphatic rings. The van der Waals surface area contributed by atoms with Crippen LogP contribution in [0.1, 0.15) is 31.7 Å². The summed E-state index contributed by atoms with van der Waals surface area (Å²) < 4.78 is 5.05. The van der Waals surface area contributed by atoms with Gasteiger partial charge < -0.3 is 20.5 Å². The summed E-state index contributed by atoms with van der Waals surface area (Å²) in [5.41, 5.74) is 6.58. The van der Waals surface area contributed by atoms with Gasteiger partial charge in [-0.1, -0.05) is 6.07 Å². The predicted octanol–water partition coefficient (Wildman–Crippen LogP) is 1.88. The molecule has 1 aromatic rings. The number of carbonyl (C=O) groups is 1. The minimum absolute atomic E-state index is 0.0951. The number of nitrogens with two attached hydrogens (primary N) is 1. The number of amides is 1. The lowest BCUT2D eigenvalue weighted by molar-refractivity contribution is -0.130. The van der Waals surface area contributed by atoms with Gasteiger partial charge in [-0.3, -0.25) is 4.79 Å². The van der Waals surface area contributed by atoms with E-state index >= 15 is 0 Å².